The number of hydrogen-bond donors (Lipinski definition) is 1. The van der Waals surface area contributed by atoms with Crippen LogP contribution in [0.4, 0.5) is 0 Å². The highest BCUT2D eigenvalue weighted by atomic mass is 79.9. The van der Waals surface area contributed by atoms with Gasteiger partial charge in [0.05, 0.1) is 6.10 Å². The summed E-state index contributed by atoms with van der Waals surface area (Å²) in [6, 6.07) is 6.09. The first-order valence-corrected chi connectivity index (χ1v) is 6.98. The Morgan fingerprint density at radius 3 is 2.82 bits per heavy atom. The van der Waals surface area contributed by atoms with Crippen molar-refractivity contribution in [2.24, 2.45) is 5.92 Å². The van der Waals surface area contributed by atoms with Crippen molar-refractivity contribution < 1.29 is 9.84 Å². The predicted molar refractivity (Wildman–Crippen MR) is 72.0 cm³/mol. The third kappa shape index (κ3) is 3.54. The first-order chi connectivity index (χ1) is 8.16. The molecule has 1 aromatic rings. The highest BCUT2D eigenvalue weighted by Gasteiger charge is 2.20. The van der Waals surface area contributed by atoms with Crippen LogP contribution in [-0.2, 0) is 4.74 Å². The molecule has 0 aliphatic carbocycles. The van der Waals surface area contributed by atoms with Crippen molar-refractivity contribution in [1.29, 1.82) is 0 Å². The smallest absolute Gasteiger partial charge is 0.0795 e. The van der Waals surface area contributed by atoms with Crippen LogP contribution in [0.15, 0.2) is 22.7 Å². The van der Waals surface area contributed by atoms with Crippen LogP contribution in [0.2, 0.25) is 0 Å². The highest BCUT2D eigenvalue weighted by Crippen LogP contribution is 2.30. The van der Waals surface area contributed by atoms with Crippen molar-refractivity contribution in [1.82, 2.24) is 0 Å². The molecule has 2 rings (SSSR count). The van der Waals surface area contributed by atoms with E-state index in [0.717, 1.165) is 48.1 Å². The number of benzene rings is 1. The van der Waals surface area contributed by atoms with Gasteiger partial charge in [0.2, 0.25) is 0 Å². The Labute approximate surface area is 111 Å². The lowest BCUT2D eigenvalue weighted by Gasteiger charge is -2.25. The molecule has 0 spiro atoms. The average molecular weight is 299 g/mol. The van der Waals surface area contributed by atoms with Gasteiger partial charge < -0.3 is 9.84 Å². The zero-order valence-electron chi connectivity index (χ0n) is 10.2. The summed E-state index contributed by atoms with van der Waals surface area (Å²) in [5.41, 5.74) is 2.21. The molecule has 94 valence electrons. The van der Waals surface area contributed by atoms with E-state index in [1.54, 1.807) is 0 Å². The summed E-state index contributed by atoms with van der Waals surface area (Å²) < 4.78 is 6.37. The fourth-order valence-corrected chi connectivity index (χ4v) is 2.77. The Kier molecular flexibility index (Phi) is 4.60. The number of ether oxygens (including phenoxy) is 1. The number of aliphatic hydroxyl groups excluding tert-OH is 1. The van der Waals surface area contributed by atoms with Gasteiger partial charge >= 0.3 is 0 Å². The van der Waals surface area contributed by atoms with Crippen LogP contribution in [-0.4, -0.2) is 18.3 Å². The van der Waals surface area contributed by atoms with Gasteiger partial charge in [0.25, 0.3) is 0 Å². The van der Waals surface area contributed by atoms with Crippen molar-refractivity contribution >= 4 is 15.9 Å². The largest absolute Gasteiger partial charge is 0.388 e. The number of aryl methyl sites for hydroxylation is 1. The SMILES string of the molecule is Cc1ccc(Br)cc1C(O)CC1CCOCC1. The van der Waals surface area contributed by atoms with E-state index in [-0.39, 0.29) is 6.10 Å². The minimum Gasteiger partial charge on any atom is -0.388 e. The molecule has 1 heterocycles. The maximum absolute atomic E-state index is 10.3. The van der Waals surface area contributed by atoms with E-state index in [2.05, 4.69) is 22.9 Å². The molecule has 1 N–H and O–H groups in total. The van der Waals surface area contributed by atoms with Gasteiger partial charge in [0.1, 0.15) is 0 Å². The summed E-state index contributed by atoms with van der Waals surface area (Å²) in [5, 5.41) is 10.3. The van der Waals surface area contributed by atoms with Crippen LogP contribution in [0.1, 0.15) is 36.5 Å². The molecule has 1 unspecified atom stereocenters. The molecule has 0 bridgehead atoms. The predicted octanol–water partition coefficient (Wildman–Crippen LogP) is 3.61. The van der Waals surface area contributed by atoms with Crippen LogP contribution in [0, 0.1) is 12.8 Å². The lowest BCUT2D eigenvalue weighted by molar-refractivity contribution is 0.0434. The quantitative estimate of drug-likeness (QED) is 0.924. The second-order valence-corrected chi connectivity index (χ2v) is 5.72. The van der Waals surface area contributed by atoms with E-state index >= 15 is 0 Å². The molecule has 1 aromatic carbocycles. The van der Waals surface area contributed by atoms with E-state index in [0.29, 0.717) is 5.92 Å². The highest BCUT2D eigenvalue weighted by molar-refractivity contribution is 9.10. The Morgan fingerprint density at radius 2 is 2.12 bits per heavy atom. The Morgan fingerprint density at radius 1 is 1.41 bits per heavy atom. The Bertz CT molecular complexity index is 372. The molecule has 0 radical (unpaired) electrons. The van der Waals surface area contributed by atoms with Crippen LogP contribution in [0.3, 0.4) is 0 Å². The number of halogens is 1. The zero-order valence-corrected chi connectivity index (χ0v) is 11.7. The third-order valence-electron chi connectivity index (χ3n) is 3.50. The van der Waals surface area contributed by atoms with Crippen molar-refractivity contribution in [3.05, 3.63) is 33.8 Å². The Hall–Kier alpha value is -0.380. The molecule has 1 aliphatic rings. The van der Waals surface area contributed by atoms with E-state index < -0.39 is 0 Å². The molecule has 0 aromatic heterocycles. The first-order valence-electron chi connectivity index (χ1n) is 6.18. The molecule has 2 nitrogen and oxygen atoms in total. The van der Waals surface area contributed by atoms with Gasteiger partial charge in [0.15, 0.2) is 0 Å². The van der Waals surface area contributed by atoms with Gasteiger partial charge in [-0.3, -0.25) is 0 Å². The summed E-state index contributed by atoms with van der Waals surface area (Å²) in [7, 11) is 0. The fourth-order valence-electron chi connectivity index (χ4n) is 2.40. The second-order valence-electron chi connectivity index (χ2n) is 4.81. The van der Waals surface area contributed by atoms with Crippen molar-refractivity contribution in [3.8, 4) is 0 Å². The second kappa shape index (κ2) is 5.98. The van der Waals surface area contributed by atoms with E-state index in [1.165, 1.54) is 0 Å². The standard InChI is InChI=1S/C14H19BrO2/c1-10-2-3-12(15)9-13(10)14(16)8-11-4-6-17-7-5-11/h2-3,9,11,14,16H,4-8H2,1H3. The topological polar surface area (TPSA) is 29.5 Å². The molecule has 1 fully saturated rings. The maximum atomic E-state index is 10.3. The van der Waals surface area contributed by atoms with Crippen LogP contribution in [0.25, 0.3) is 0 Å². The lowest BCUT2D eigenvalue weighted by atomic mass is 9.90. The van der Waals surface area contributed by atoms with Crippen molar-refractivity contribution in [3.63, 3.8) is 0 Å². The molecular weight excluding hydrogens is 280 g/mol. The molecular formula is C14H19BrO2. The summed E-state index contributed by atoms with van der Waals surface area (Å²) in [5.74, 6) is 0.595. The summed E-state index contributed by atoms with van der Waals surface area (Å²) in [6.45, 7) is 3.73. The van der Waals surface area contributed by atoms with Crippen molar-refractivity contribution in [2.75, 3.05) is 13.2 Å². The van der Waals surface area contributed by atoms with Crippen LogP contribution >= 0.6 is 15.9 Å². The molecule has 0 saturated carbocycles. The van der Waals surface area contributed by atoms with Gasteiger partial charge in [-0.2, -0.15) is 0 Å². The van der Waals surface area contributed by atoms with E-state index in [9.17, 15) is 5.11 Å². The molecule has 1 aliphatic heterocycles. The number of aliphatic hydroxyl groups is 1. The minimum absolute atomic E-state index is 0.351. The molecule has 0 amide bonds. The van der Waals surface area contributed by atoms with Crippen LogP contribution < -0.4 is 0 Å². The van der Waals surface area contributed by atoms with E-state index in [4.69, 9.17) is 4.74 Å². The molecule has 1 saturated heterocycles. The van der Waals surface area contributed by atoms with Crippen LogP contribution in [0.5, 0.6) is 0 Å². The number of hydrogen-bond acceptors (Lipinski definition) is 2. The molecule has 1 atom stereocenters. The van der Waals surface area contributed by atoms with Gasteiger partial charge in [-0.1, -0.05) is 22.0 Å². The average Bonchev–Trinajstić information content (AvgIpc) is 2.33. The van der Waals surface area contributed by atoms with E-state index in [1.807, 2.05) is 18.2 Å². The van der Waals surface area contributed by atoms with Gasteiger partial charge in [-0.15, -0.1) is 0 Å². The monoisotopic (exact) mass is 298 g/mol. The minimum atomic E-state index is -0.351. The summed E-state index contributed by atoms with van der Waals surface area (Å²) >= 11 is 3.46. The molecule has 17 heavy (non-hydrogen) atoms. The van der Waals surface area contributed by atoms with Crippen molar-refractivity contribution in [2.45, 2.75) is 32.3 Å². The third-order valence-corrected chi connectivity index (χ3v) is 3.99. The maximum Gasteiger partial charge on any atom is 0.0795 e. The Balaban J connectivity index is 2.02. The number of rotatable bonds is 3. The van der Waals surface area contributed by atoms with Gasteiger partial charge in [0, 0.05) is 17.7 Å². The lowest BCUT2D eigenvalue weighted by Crippen LogP contribution is -2.18. The molecule has 3 heteroatoms. The van der Waals surface area contributed by atoms with Gasteiger partial charge in [-0.25, -0.2) is 0 Å². The zero-order chi connectivity index (χ0) is 12.3. The normalized spacial score (nSPS) is 19.2. The fraction of sp³-hybridized carbons (Fsp3) is 0.571. The first kappa shape index (κ1) is 13.1. The summed E-state index contributed by atoms with van der Waals surface area (Å²) in [4.78, 5) is 0. The van der Waals surface area contributed by atoms with Gasteiger partial charge in [-0.05, 0) is 55.4 Å². The summed E-state index contributed by atoms with van der Waals surface area (Å²) in [6.07, 6.45) is 2.64.